The molecule has 0 bridgehead atoms. The SMILES string of the molecule is C/C=C/C(=C\N=C(C)N)c1ccc(C2(c3noc(-c4cnn(C(C)CO)c4)n3)CCC2)cc1. The number of hydrogen-bond acceptors (Lipinski definition) is 6. The third-order valence-corrected chi connectivity index (χ3v) is 6.15. The van der Waals surface area contributed by atoms with E-state index in [2.05, 4.69) is 39.5 Å². The highest BCUT2D eigenvalue weighted by Crippen LogP contribution is 2.48. The van der Waals surface area contributed by atoms with E-state index < -0.39 is 0 Å². The van der Waals surface area contributed by atoms with Crippen LogP contribution in [-0.2, 0) is 5.41 Å². The molecular weight excluding hydrogens is 416 g/mol. The molecule has 33 heavy (non-hydrogen) atoms. The van der Waals surface area contributed by atoms with Crippen molar-refractivity contribution < 1.29 is 9.63 Å². The van der Waals surface area contributed by atoms with Gasteiger partial charge >= 0.3 is 0 Å². The quantitative estimate of drug-likeness (QED) is 0.304. The molecule has 172 valence electrons. The van der Waals surface area contributed by atoms with Crippen molar-refractivity contribution in [2.45, 2.75) is 51.5 Å². The maximum Gasteiger partial charge on any atom is 0.261 e. The van der Waals surface area contributed by atoms with Crippen LogP contribution < -0.4 is 5.73 Å². The molecule has 0 saturated heterocycles. The molecule has 8 nitrogen and oxygen atoms in total. The van der Waals surface area contributed by atoms with Crippen LogP contribution in [0, 0.1) is 0 Å². The highest BCUT2D eigenvalue weighted by Gasteiger charge is 2.44. The van der Waals surface area contributed by atoms with Crippen molar-refractivity contribution in [2.24, 2.45) is 10.7 Å². The summed E-state index contributed by atoms with van der Waals surface area (Å²) in [5.41, 5.74) is 9.43. The maximum absolute atomic E-state index is 9.35. The number of hydrogen-bond donors (Lipinski definition) is 2. The first-order chi connectivity index (χ1) is 16.0. The molecule has 4 rings (SSSR count). The Labute approximate surface area is 193 Å². The van der Waals surface area contributed by atoms with E-state index in [1.807, 2.05) is 32.2 Å². The number of amidine groups is 1. The lowest BCUT2D eigenvalue weighted by atomic mass is 9.64. The summed E-state index contributed by atoms with van der Waals surface area (Å²) in [6.45, 7) is 5.65. The molecule has 1 aromatic carbocycles. The molecule has 3 N–H and O–H groups in total. The van der Waals surface area contributed by atoms with Crippen LogP contribution in [0.1, 0.15) is 63.0 Å². The number of allylic oxidation sites excluding steroid dienone is 3. The summed E-state index contributed by atoms with van der Waals surface area (Å²) in [6.07, 6.45) is 12.4. The highest BCUT2D eigenvalue weighted by molar-refractivity contribution is 5.81. The second kappa shape index (κ2) is 9.54. The van der Waals surface area contributed by atoms with Crippen LogP contribution in [-0.4, -0.2) is 37.5 Å². The lowest BCUT2D eigenvalue weighted by Gasteiger charge is -2.39. The summed E-state index contributed by atoms with van der Waals surface area (Å²) >= 11 is 0. The fourth-order valence-corrected chi connectivity index (χ4v) is 4.03. The Morgan fingerprint density at radius 1 is 1.33 bits per heavy atom. The van der Waals surface area contributed by atoms with E-state index in [-0.39, 0.29) is 18.1 Å². The van der Waals surface area contributed by atoms with Gasteiger partial charge in [0.2, 0.25) is 0 Å². The van der Waals surface area contributed by atoms with Gasteiger partial charge in [0.1, 0.15) is 0 Å². The molecule has 8 heteroatoms. The van der Waals surface area contributed by atoms with Crippen LogP contribution >= 0.6 is 0 Å². The zero-order valence-corrected chi connectivity index (χ0v) is 19.3. The predicted octanol–water partition coefficient (Wildman–Crippen LogP) is 4.25. The van der Waals surface area contributed by atoms with Crippen LogP contribution in [0.25, 0.3) is 17.0 Å². The summed E-state index contributed by atoms with van der Waals surface area (Å²) in [5, 5.41) is 18.0. The van der Waals surface area contributed by atoms with Gasteiger partial charge < -0.3 is 15.4 Å². The molecule has 1 aliphatic rings. The molecule has 1 unspecified atom stereocenters. The summed E-state index contributed by atoms with van der Waals surface area (Å²) in [4.78, 5) is 8.98. The summed E-state index contributed by atoms with van der Waals surface area (Å²) in [7, 11) is 0. The lowest BCUT2D eigenvalue weighted by molar-refractivity contribution is 0.230. The van der Waals surface area contributed by atoms with E-state index in [9.17, 15) is 5.11 Å². The number of aliphatic hydroxyl groups excluding tert-OH is 1. The molecule has 3 aromatic rings. The minimum absolute atomic E-state index is 0.0123. The van der Waals surface area contributed by atoms with Crippen LogP contribution in [0.2, 0.25) is 0 Å². The second-order valence-electron chi connectivity index (χ2n) is 8.53. The predicted molar refractivity (Wildman–Crippen MR) is 128 cm³/mol. The first-order valence-corrected chi connectivity index (χ1v) is 11.2. The number of aliphatic hydroxyl groups is 1. The van der Waals surface area contributed by atoms with Gasteiger partial charge in [-0.3, -0.25) is 4.68 Å². The molecule has 0 amide bonds. The van der Waals surface area contributed by atoms with Gasteiger partial charge in [-0.25, -0.2) is 4.99 Å². The number of aromatic nitrogens is 4. The minimum atomic E-state index is -0.245. The van der Waals surface area contributed by atoms with Gasteiger partial charge in [0.25, 0.3) is 5.89 Å². The van der Waals surface area contributed by atoms with Crippen molar-refractivity contribution >= 4 is 11.4 Å². The number of nitrogens with zero attached hydrogens (tertiary/aromatic N) is 5. The van der Waals surface area contributed by atoms with Gasteiger partial charge in [-0.2, -0.15) is 10.1 Å². The fourth-order valence-electron chi connectivity index (χ4n) is 4.03. The second-order valence-corrected chi connectivity index (χ2v) is 8.53. The smallest absolute Gasteiger partial charge is 0.261 e. The molecule has 1 fully saturated rings. The van der Waals surface area contributed by atoms with E-state index in [0.717, 1.165) is 36.0 Å². The van der Waals surface area contributed by atoms with Crippen LogP contribution in [0.5, 0.6) is 0 Å². The van der Waals surface area contributed by atoms with Gasteiger partial charge in [-0.1, -0.05) is 48.0 Å². The number of benzene rings is 1. The van der Waals surface area contributed by atoms with E-state index in [1.165, 1.54) is 5.56 Å². The first-order valence-electron chi connectivity index (χ1n) is 11.2. The Kier molecular flexibility index (Phi) is 6.55. The third kappa shape index (κ3) is 4.52. The molecule has 0 spiro atoms. The first kappa shape index (κ1) is 22.7. The Morgan fingerprint density at radius 3 is 2.70 bits per heavy atom. The largest absolute Gasteiger partial charge is 0.394 e. The van der Waals surface area contributed by atoms with Crippen molar-refractivity contribution in [3.05, 3.63) is 72.0 Å². The molecule has 0 radical (unpaired) electrons. The fraction of sp³-hybridized carbons (Fsp3) is 0.360. The van der Waals surface area contributed by atoms with Crippen LogP contribution in [0.4, 0.5) is 0 Å². The van der Waals surface area contributed by atoms with Gasteiger partial charge in [-0.15, -0.1) is 0 Å². The summed E-state index contributed by atoms with van der Waals surface area (Å²) < 4.78 is 7.30. The average molecular weight is 447 g/mol. The molecular formula is C25H30N6O2. The normalized spacial score (nSPS) is 17.3. The van der Waals surface area contributed by atoms with Crippen molar-refractivity contribution in [3.63, 3.8) is 0 Å². The molecule has 2 aromatic heterocycles. The van der Waals surface area contributed by atoms with Gasteiger partial charge in [0, 0.05) is 12.4 Å². The van der Waals surface area contributed by atoms with Crippen LogP contribution in [0.3, 0.4) is 0 Å². The monoisotopic (exact) mass is 446 g/mol. The zero-order valence-electron chi connectivity index (χ0n) is 19.3. The maximum atomic E-state index is 9.35. The van der Waals surface area contributed by atoms with E-state index in [4.69, 9.17) is 15.2 Å². The van der Waals surface area contributed by atoms with E-state index in [0.29, 0.717) is 17.6 Å². The Bertz CT molecular complexity index is 1180. The molecule has 1 atom stereocenters. The molecule has 2 heterocycles. The number of aliphatic imine (C=N–C) groups is 1. The number of nitrogens with two attached hydrogens (primary N) is 1. The molecule has 0 aliphatic heterocycles. The van der Waals surface area contributed by atoms with Crippen molar-refractivity contribution in [2.75, 3.05) is 6.61 Å². The standard InChI is InChI=1S/C25H30N6O2/c1-4-6-20(13-27-18(3)26)19-7-9-22(10-8-19)25(11-5-12-25)24-29-23(33-30-24)21-14-28-31(15-21)17(2)16-32/h4,6-10,13-15,17,32H,5,11-12,16H2,1-3H3,(H2,26,27)/b6-4+,20-13+. The Balaban J connectivity index is 1.62. The summed E-state index contributed by atoms with van der Waals surface area (Å²) in [5.74, 6) is 1.66. The van der Waals surface area contributed by atoms with Crippen LogP contribution in [0.15, 0.2) is 64.5 Å². The van der Waals surface area contributed by atoms with Crippen molar-refractivity contribution in [1.82, 2.24) is 19.9 Å². The van der Waals surface area contributed by atoms with Crippen molar-refractivity contribution in [3.8, 4) is 11.5 Å². The molecule has 1 aliphatic carbocycles. The lowest BCUT2D eigenvalue weighted by Crippen LogP contribution is -2.36. The topological polar surface area (TPSA) is 115 Å². The van der Waals surface area contributed by atoms with Gasteiger partial charge in [0.15, 0.2) is 5.82 Å². The summed E-state index contributed by atoms with van der Waals surface area (Å²) in [6, 6.07) is 8.37. The highest BCUT2D eigenvalue weighted by atomic mass is 16.5. The van der Waals surface area contributed by atoms with Crippen molar-refractivity contribution in [1.29, 1.82) is 0 Å². The number of rotatable bonds is 8. The van der Waals surface area contributed by atoms with E-state index >= 15 is 0 Å². The minimum Gasteiger partial charge on any atom is -0.394 e. The Hall–Kier alpha value is -3.52. The Morgan fingerprint density at radius 2 is 2.09 bits per heavy atom. The average Bonchev–Trinajstić information content (AvgIpc) is 3.46. The molecule has 1 saturated carbocycles. The third-order valence-electron chi connectivity index (χ3n) is 6.15. The zero-order chi connectivity index (χ0) is 23.4. The van der Waals surface area contributed by atoms with Gasteiger partial charge in [0.05, 0.1) is 35.7 Å². The van der Waals surface area contributed by atoms with E-state index in [1.54, 1.807) is 24.0 Å². The van der Waals surface area contributed by atoms with Gasteiger partial charge in [-0.05, 0) is 50.3 Å².